The highest BCUT2D eigenvalue weighted by molar-refractivity contribution is 6.30. The van der Waals surface area contributed by atoms with E-state index in [9.17, 15) is 9.59 Å². The number of nitrogens with one attached hydrogen (secondary N) is 2. The maximum absolute atomic E-state index is 11.7. The summed E-state index contributed by atoms with van der Waals surface area (Å²) in [5.74, 6) is 0.190. The van der Waals surface area contributed by atoms with Gasteiger partial charge >= 0.3 is 0 Å². The number of rotatable bonds is 3. The van der Waals surface area contributed by atoms with Gasteiger partial charge in [-0.1, -0.05) is 23.7 Å². The van der Waals surface area contributed by atoms with E-state index in [-0.39, 0.29) is 17.9 Å². The summed E-state index contributed by atoms with van der Waals surface area (Å²) in [6.07, 6.45) is 3.09. The van der Waals surface area contributed by atoms with Crippen LogP contribution in [0, 0.1) is 0 Å². The Bertz CT molecular complexity index is 523. The fourth-order valence-corrected chi connectivity index (χ4v) is 3.02. The fraction of sp³-hybridized carbons (Fsp3) is 0.467. The van der Waals surface area contributed by atoms with Gasteiger partial charge in [-0.05, 0) is 42.9 Å². The first-order valence-electron chi connectivity index (χ1n) is 6.97. The van der Waals surface area contributed by atoms with Crippen LogP contribution in [-0.2, 0) is 9.59 Å². The lowest BCUT2D eigenvalue weighted by Crippen LogP contribution is -2.55. The minimum absolute atomic E-state index is 0.166. The van der Waals surface area contributed by atoms with Gasteiger partial charge in [-0.25, -0.2) is 0 Å². The molecule has 1 aliphatic carbocycles. The maximum Gasteiger partial charge on any atom is 0.243 e. The van der Waals surface area contributed by atoms with E-state index in [4.69, 9.17) is 11.6 Å². The van der Waals surface area contributed by atoms with Gasteiger partial charge in [-0.3, -0.25) is 14.9 Å². The van der Waals surface area contributed by atoms with E-state index in [0.29, 0.717) is 24.8 Å². The normalized spacial score (nSPS) is 29.8. The van der Waals surface area contributed by atoms with Gasteiger partial charge in [-0.15, -0.1) is 0 Å². The Morgan fingerprint density at radius 3 is 2.50 bits per heavy atom. The molecule has 0 spiro atoms. The number of carbonyl (C=O) groups is 2. The molecule has 0 bridgehead atoms. The van der Waals surface area contributed by atoms with Crippen LogP contribution in [-0.4, -0.2) is 23.9 Å². The summed E-state index contributed by atoms with van der Waals surface area (Å²) in [5.41, 5.74) is 1.30. The smallest absolute Gasteiger partial charge is 0.243 e. The molecule has 2 aliphatic rings. The standard InChI is InChI=1S/C15H17ClN2O2/c16-11-3-1-9(2-4-11)10-7-12(8-10)17-13-5-6-14(19)18-15(13)20/h1-4,10,12-13,17H,5-8H2,(H,18,19,20). The third-order valence-corrected chi connectivity index (χ3v) is 4.41. The number of amides is 2. The van der Waals surface area contributed by atoms with Crippen LogP contribution in [0.5, 0.6) is 0 Å². The zero-order valence-electron chi connectivity index (χ0n) is 11.1. The molecule has 0 radical (unpaired) electrons. The zero-order chi connectivity index (χ0) is 14.1. The number of halogens is 1. The van der Waals surface area contributed by atoms with Crippen LogP contribution in [0.4, 0.5) is 0 Å². The molecule has 1 unspecified atom stereocenters. The van der Waals surface area contributed by atoms with Gasteiger partial charge in [0.1, 0.15) is 0 Å². The first kappa shape index (κ1) is 13.6. The molecule has 5 heteroatoms. The molecule has 106 valence electrons. The second-order valence-corrected chi connectivity index (χ2v) is 6.02. The van der Waals surface area contributed by atoms with Crippen LogP contribution in [0.2, 0.25) is 5.02 Å². The van der Waals surface area contributed by atoms with Gasteiger partial charge in [0.25, 0.3) is 0 Å². The van der Waals surface area contributed by atoms with E-state index in [1.165, 1.54) is 5.56 Å². The highest BCUT2D eigenvalue weighted by Gasteiger charge is 2.35. The predicted octanol–water partition coefficient (Wildman–Crippen LogP) is 1.98. The summed E-state index contributed by atoms with van der Waals surface area (Å²) in [5, 5.41) is 6.48. The highest BCUT2D eigenvalue weighted by Crippen LogP contribution is 2.37. The molecule has 4 nitrogen and oxygen atoms in total. The molecule has 3 rings (SSSR count). The van der Waals surface area contributed by atoms with E-state index >= 15 is 0 Å². The number of hydrogen-bond donors (Lipinski definition) is 2. The maximum atomic E-state index is 11.7. The lowest BCUT2D eigenvalue weighted by atomic mass is 9.75. The third-order valence-electron chi connectivity index (χ3n) is 4.16. The monoisotopic (exact) mass is 292 g/mol. The van der Waals surface area contributed by atoms with Crippen LogP contribution in [0.1, 0.15) is 37.2 Å². The first-order chi connectivity index (χ1) is 9.61. The fourth-order valence-electron chi connectivity index (χ4n) is 2.90. The van der Waals surface area contributed by atoms with E-state index in [2.05, 4.69) is 22.8 Å². The predicted molar refractivity (Wildman–Crippen MR) is 76.5 cm³/mol. The Labute approximate surface area is 122 Å². The van der Waals surface area contributed by atoms with Crippen LogP contribution in [0.25, 0.3) is 0 Å². The minimum Gasteiger partial charge on any atom is -0.303 e. The Morgan fingerprint density at radius 1 is 1.15 bits per heavy atom. The first-order valence-corrected chi connectivity index (χ1v) is 7.35. The van der Waals surface area contributed by atoms with E-state index in [1.54, 1.807) is 0 Å². The molecule has 1 atom stereocenters. The second kappa shape index (κ2) is 5.54. The van der Waals surface area contributed by atoms with Crippen molar-refractivity contribution in [3.63, 3.8) is 0 Å². The van der Waals surface area contributed by atoms with Crippen molar-refractivity contribution in [2.45, 2.75) is 43.7 Å². The average Bonchev–Trinajstić information content (AvgIpc) is 2.37. The third kappa shape index (κ3) is 2.86. The van der Waals surface area contributed by atoms with Gasteiger partial charge in [0.15, 0.2) is 0 Å². The summed E-state index contributed by atoms with van der Waals surface area (Å²) in [7, 11) is 0. The summed E-state index contributed by atoms with van der Waals surface area (Å²) >= 11 is 5.88. The Balaban J connectivity index is 1.50. The second-order valence-electron chi connectivity index (χ2n) is 5.59. The van der Waals surface area contributed by atoms with Crippen molar-refractivity contribution >= 4 is 23.4 Å². The van der Waals surface area contributed by atoms with Gasteiger partial charge in [0, 0.05) is 17.5 Å². The molecule has 2 amide bonds. The molecule has 2 fully saturated rings. The number of piperidine rings is 1. The van der Waals surface area contributed by atoms with Gasteiger partial charge < -0.3 is 5.32 Å². The van der Waals surface area contributed by atoms with Crippen LogP contribution in [0.15, 0.2) is 24.3 Å². The minimum atomic E-state index is -0.219. The molecule has 1 saturated carbocycles. The number of imide groups is 1. The number of carbonyl (C=O) groups excluding carboxylic acids is 2. The topological polar surface area (TPSA) is 58.2 Å². The highest BCUT2D eigenvalue weighted by atomic mass is 35.5. The van der Waals surface area contributed by atoms with E-state index < -0.39 is 0 Å². The zero-order valence-corrected chi connectivity index (χ0v) is 11.8. The average molecular weight is 293 g/mol. The molecule has 1 saturated heterocycles. The van der Waals surface area contributed by atoms with Crippen LogP contribution >= 0.6 is 11.6 Å². The molecular weight excluding hydrogens is 276 g/mol. The molecule has 20 heavy (non-hydrogen) atoms. The number of hydrogen-bond acceptors (Lipinski definition) is 3. The Hall–Kier alpha value is -1.39. The van der Waals surface area contributed by atoms with Crippen LogP contribution in [0.3, 0.4) is 0 Å². The Morgan fingerprint density at radius 2 is 1.85 bits per heavy atom. The summed E-state index contributed by atoms with van der Waals surface area (Å²) in [4.78, 5) is 22.7. The summed E-state index contributed by atoms with van der Waals surface area (Å²) in [6, 6.07) is 8.10. The van der Waals surface area contributed by atoms with Crippen molar-refractivity contribution in [1.29, 1.82) is 0 Å². The van der Waals surface area contributed by atoms with Crippen molar-refractivity contribution in [3.05, 3.63) is 34.9 Å². The molecule has 1 aromatic rings. The SMILES string of the molecule is O=C1CCC(NC2CC(c3ccc(Cl)cc3)C2)C(=O)N1. The molecule has 1 heterocycles. The van der Waals surface area contributed by atoms with Crippen LogP contribution < -0.4 is 10.6 Å². The van der Waals surface area contributed by atoms with Crippen molar-refractivity contribution in [2.24, 2.45) is 0 Å². The van der Waals surface area contributed by atoms with Crippen molar-refractivity contribution in [3.8, 4) is 0 Å². The van der Waals surface area contributed by atoms with E-state index in [1.807, 2.05) is 12.1 Å². The molecule has 1 aromatic carbocycles. The van der Waals surface area contributed by atoms with Crippen molar-refractivity contribution in [2.75, 3.05) is 0 Å². The lowest BCUT2D eigenvalue weighted by molar-refractivity contribution is -0.135. The van der Waals surface area contributed by atoms with Gasteiger partial charge in [-0.2, -0.15) is 0 Å². The van der Waals surface area contributed by atoms with Crippen molar-refractivity contribution < 1.29 is 9.59 Å². The molecular formula is C15H17ClN2O2. The van der Waals surface area contributed by atoms with E-state index in [0.717, 1.165) is 17.9 Å². The number of benzene rings is 1. The quantitative estimate of drug-likeness (QED) is 0.838. The molecule has 2 N–H and O–H groups in total. The van der Waals surface area contributed by atoms with Gasteiger partial charge in [0.2, 0.25) is 11.8 Å². The summed E-state index contributed by atoms with van der Waals surface area (Å²) in [6.45, 7) is 0. The summed E-state index contributed by atoms with van der Waals surface area (Å²) < 4.78 is 0. The van der Waals surface area contributed by atoms with Gasteiger partial charge in [0.05, 0.1) is 6.04 Å². The molecule has 1 aliphatic heterocycles. The molecule has 0 aromatic heterocycles. The van der Waals surface area contributed by atoms with Crippen molar-refractivity contribution in [1.82, 2.24) is 10.6 Å². The largest absolute Gasteiger partial charge is 0.303 e. The Kier molecular flexibility index (Phi) is 3.76. The lowest BCUT2D eigenvalue weighted by Gasteiger charge is -2.39.